The Hall–Kier alpha value is -2.82. The van der Waals surface area contributed by atoms with Crippen molar-refractivity contribution in [1.82, 2.24) is 15.0 Å². The van der Waals surface area contributed by atoms with Gasteiger partial charge in [-0.05, 0) is 78.4 Å². The smallest absolute Gasteiger partial charge is 0.250 e. The van der Waals surface area contributed by atoms with Gasteiger partial charge in [-0.1, -0.05) is 29.3 Å². The number of nitrogens with one attached hydrogen (secondary N) is 1. The summed E-state index contributed by atoms with van der Waals surface area (Å²) in [5.74, 6) is 2.99. The van der Waals surface area contributed by atoms with Gasteiger partial charge in [-0.2, -0.15) is 20.1 Å². The molecule has 0 atom stereocenters. The van der Waals surface area contributed by atoms with Gasteiger partial charge in [0, 0.05) is 41.8 Å². The molecule has 9 nitrogen and oxygen atoms in total. The van der Waals surface area contributed by atoms with E-state index in [2.05, 4.69) is 46.2 Å². The first-order chi connectivity index (χ1) is 19.0. The number of hydrazone groups is 1. The maximum absolute atomic E-state index is 6.31. The summed E-state index contributed by atoms with van der Waals surface area (Å²) in [5, 5.41) is 5.55. The quantitative estimate of drug-likeness (QED) is 0.198. The van der Waals surface area contributed by atoms with E-state index < -0.39 is 0 Å². The number of hydrogen-bond donors (Lipinski definition) is 1. The van der Waals surface area contributed by atoms with E-state index in [-0.39, 0.29) is 6.61 Å². The highest BCUT2D eigenvalue weighted by Crippen LogP contribution is 2.37. The Labute approximate surface area is 246 Å². The molecule has 1 N–H and O–H groups in total. The summed E-state index contributed by atoms with van der Waals surface area (Å²) in [6.07, 6.45) is 6.29. The van der Waals surface area contributed by atoms with E-state index in [1.54, 1.807) is 18.3 Å². The Bertz CT molecular complexity index is 1300. The predicted octanol–water partition coefficient (Wildman–Crippen LogP) is 6.57. The van der Waals surface area contributed by atoms with E-state index >= 15 is 0 Å². The third kappa shape index (κ3) is 7.04. The molecule has 0 spiro atoms. The summed E-state index contributed by atoms with van der Waals surface area (Å²) in [7, 11) is 0. The van der Waals surface area contributed by atoms with Crippen molar-refractivity contribution in [1.29, 1.82) is 0 Å². The van der Waals surface area contributed by atoms with E-state index in [1.807, 2.05) is 25.1 Å². The van der Waals surface area contributed by atoms with E-state index in [1.165, 1.54) is 0 Å². The third-order valence-electron chi connectivity index (χ3n) is 6.49. The zero-order valence-electron chi connectivity index (χ0n) is 21.7. The van der Waals surface area contributed by atoms with Crippen LogP contribution < -0.4 is 24.7 Å². The first-order valence-electron chi connectivity index (χ1n) is 13.1. The lowest BCUT2D eigenvalue weighted by atomic mass is 10.2. The van der Waals surface area contributed by atoms with Gasteiger partial charge in [0.25, 0.3) is 0 Å². The van der Waals surface area contributed by atoms with Gasteiger partial charge >= 0.3 is 0 Å². The van der Waals surface area contributed by atoms with Crippen LogP contribution in [-0.4, -0.2) is 54.0 Å². The Kier molecular flexibility index (Phi) is 9.26. The number of anilines is 3. The molecule has 2 aromatic carbocycles. The normalized spacial score (nSPS) is 15.4. The van der Waals surface area contributed by atoms with E-state index in [9.17, 15) is 0 Å². The molecule has 206 valence electrons. The van der Waals surface area contributed by atoms with Crippen molar-refractivity contribution < 1.29 is 9.47 Å². The first-order valence-corrected chi connectivity index (χ1v) is 14.6. The zero-order chi connectivity index (χ0) is 27.2. The molecule has 0 unspecified atom stereocenters. The SMILES string of the molecule is CCOc1cc(/C=N/Nc2nc(N3CCCC3)nc(N3CCCC3)n2)cc(Br)c1OCc1ccc(Cl)cc1Cl. The molecule has 3 heterocycles. The van der Waals surface area contributed by atoms with Crippen LogP contribution in [0.3, 0.4) is 0 Å². The fourth-order valence-electron chi connectivity index (χ4n) is 4.54. The second-order valence-electron chi connectivity index (χ2n) is 9.30. The maximum atomic E-state index is 6.31. The molecule has 2 fully saturated rings. The lowest BCUT2D eigenvalue weighted by Crippen LogP contribution is -2.25. The van der Waals surface area contributed by atoms with E-state index in [4.69, 9.17) is 37.7 Å². The molecule has 0 amide bonds. The number of ether oxygens (including phenoxy) is 2. The van der Waals surface area contributed by atoms with Gasteiger partial charge in [-0.15, -0.1) is 0 Å². The summed E-state index contributed by atoms with van der Waals surface area (Å²) in [5.41, 5.74) is 4.64. The highest BCUT2D eigenvalue weighted by Gasteiger charge is 2.21. The van der Waals surface area contributed by atoms with Crippen molar-refractivity contribution >= 4 is 63.2 Å². The highest BCUT2D eigenvalue weighted by molar-refractivity contribution is 9.10. The average Bonchev–Trinajstić information content (AvgIpc) is 3.64. The molecule has 5 rings (SSSR count). The molecule has 0 saturated carbocycles. The standard InChI is InChI=1S/C27H30BrCl2N7O2/c1-2-38-23-14-18(13-21(28)24(23)39-17-19-7-8-20(29)15-22(19)30)16-31-35-25-32-26(36-9-3-4-10-36)34-27(33-25)37-11-5-6-12-37/h7-8,13-16H,2-6,9-12,17H2,1H3,(H,32,33,34,35)/b31-16+. The van der Waals surface area contributed by atoms with Gasteiger partial charge < -0.3 is 19.3 Å². The fourth-order valence-corrected chi connectivity index (χ4v) is 5.58. The van der Waals surface area contributed by atoms with Crippen LogP contribution in [0.25, 0.3) is 0 Å². The average molecular weight is 635 g/mol. The maximum Gasteiger partial charge on any atom is 0.250 e. The third-order valence-corrected chi connectivity index (χ3v) is 7.66. The number of hydrogen-bond acceptors (Lipinski definition) is 9. The van der Waals surface area contributed by atoms with Crippen molar-refractivity contribution in [3.05, 3.63) is 56.0 Å². The molecular weight excluding hydrogens is 605 g/mol. The van der Waals surface area contributed by atoms with Crippen molar-refractivity contribution in [2.24, 2.45) is 5.10 Å². The second-order valence-corrected chi connectivity index (χ2v) is 11.0. The molecule has 2 aliphatic heterocycles. The van der Waals surface area contributed by atoms with Crippen LogP contribution in [0.15, 0.2) is 39.9 Å². The van der Waals surface area contributed by atoms with Crippen molar-refractivity contribution in [2.45, 2.75) is 39.2 Å². The molecule has 0 bridgehead atoms. The van der Waals surface area contributed by atoms with E-state index in [0.717, 1.165) is 67.5 Å². The molecule has 3 aromatic rings. The number of benzene rings is 2. The zero-order valence-corrected chi connectivity index (χ0v) is 24.8. The topological polar surface area (TPSA) is 88.0 Å². The summed E-state index contributed by atoms with van der Waals surface area (Å²) in [4.78, 5) is 18.4. The van der Waals surface area contributed by atoms with Crippen LogP contribution in [-0.2, 0) is 6.61 Å². The Morgan fingerprint density at radius 2 is 1.62 bits per heavy atom. The van der Waals surface area contributed by atoms with Crippen LogP contribution >= 0.6 is 39.1 Å². The molecule has 2 saturated heterocycles. The summed E-state index contributed by atoms with van der Waals surface area (Å²) >= 11 is 15.9. The largest absolute Gasteiger partial charge is 0.490 e. The van der Waals surface area contributed by atoms with Crippen LogP contribution in [0.1, 0.15) is 43.7 Å². The highest BCUT2D eigenvalue weighted by atomic mass is 79.9. The molecule has 0 radical (unpaired) electrons. The van der Waals surface area contributed by atoms with E-state index in [0.29, 0.717) is 46.0 Å². The van der Waals surface area contributed by atoms with Crippen molar-refractivity contribution in [3.8, 4) is 11.5 Å². The summed E-state index contributed by atoms with van der Waals surface area (Å²) in [6.45, 7) is 6.50. The molecule has 0 aliphatic carbocycles. The molecular formula is C27H30BrCl2N7O2. The van der Waals surface area contributed by atoms with Crippen molar-refractivity contribution in [2.75, 3.05) is 48.0 Å². The second kappa shape index (κ2) is 13.0. The minimum atomic E-state index is 0.266. The van der Waals surface area contributed by atoms with Gasteiger partial charge in [0.15, 0.2) is 11.5 Å². The summed E-state index contributed by atoms with van der Waals surface area (Å²) in [6, 6.07) is 9.10. The van der Waals surface area contributed by atoms with Crippen LogP contribution in [0.4, 0.5) is 17.8 Å². The lowest BCUT2D eigenvalue weighted by Gasteiger charge is -2.20. The van der Waals surface area contributed by atoms with Gasteiger partial charge in [0.1, 0.15) is 6.61 Å². The minimum Gasteiger partial charge on any atom is -0.490 e. The molecule has 1 aromatic heterocycles. The van der Waals surface area contributed by atoms with Crippen LogP contribution in [0.5, 0.6) is 11.5 Å². The monoisotopic (exact) mass is 633 g/mol. The Morgan fingerprint density at radius 1 is 0.949 bits per heavy atom. The molecule has 2 aliphatic rings. The van der Waals surface area contributed by atoms with Gasteiger partial charge in [0.2, 0.25) is 17.8 Å². The van der Waals surface area contributed by atoms with Gasteiger partial charge in [-0.25, -0.2) is 5.43 Å². The van der Waals surface area contributed by atoms with Crippen molar-refractivity contribution in [3.63, 3.8) is 0 Å². The van der Waals surface area contributed by atoms with Crippen LogP contribution in [0, 0.1) is 0 Å². The van der Waals surface area contributed by atoms with Crippen LogP contribution in [0.2, 0.25) is 10.0 Å². The number of rotatable bonds is 10. The summed E-state index contributed by atoms with van der Waals surface area (Å²) < 4.78 is 12.7. The fraction of sp³-hybridized carbons (Fsp3) is 0.407. The predicted molar refractivity (Wildman–Crippen MR) is 160 cm³/mol. The first kappa shape index (κ1) is 27.7. The molecule has 39 heavy (non-hydrogen) atoms. The number of halogens is 3. The number of aromatic nitrogens is 3. The Balaban J connectivity index is 1.32. The number of nitrogens with zero attached hydrogens (tertiary/aromatic N) is 6. The minimum absolute atomic E-state index is 0.266. The van der Waals surface area contributed by atoms with Gasteiger partial charge in [0.05, 0.1) is 17.3 Å². The Morgan fingerprint density at radius 3 is 2.23 bits per heavy atom. The molecule has 12 heteroatoms. The van der Waals surface area contributed by atoms with Gasteiger partial charge in [-0.3, -0.25) is 0 Å². The lowest BCUT2D eigenvalue weighted by molar-refractivity contribution is 0.267.